The van der Waals surface area contributed by atoms with Crippen LogP contribution in [-0.4, -0.2) is 55.0 Å². The van der Waals surface area contributed by atoms with Gasteiger partial charge in [0.1, 0.15) is 5.54 Å². The Labute approximate surface area is 112 Å². The molecule has 1 spiro atoms. The zero-order valence-corrected chi connectivity index (χ0v) is 11.1. The quantitative estimate of drug-likeness (QED) is 0.459. The summed E-state index contributed by atoms with van der Waals surface area (Å²) in [4.78, 5) is 36.8. The smallest absolute Gasteiger partial charge is 0.322 e. The first kappa shape index (κ1) is 13.8. The van der Waals surface area contributed by atoms with Gasteiger partial charge in [-0.3, -0.25) is 14.9 Å². The molecule has 3 N–H and O–H groups in total. The van der Waals surface area contributed by atoms with E-state index in [1.54, 1.807) is 4.90 Å². The highest BCUT2D eigenvalue weighted by Gasteiger charge is 2.49. The predicted octanol–water partition coefficient (Wildman–Crippen LogP) is -0.813. The van der Waals surface area contributed by atoms with E-state index >= 15 is 0 Å². The van der Waals surface area contributed by atoms with Crippen LogP contribution in [0.5, 0.6) is 0 Å². The number of rotatable bonds is 4. The highest BCUT2D eigenvalue weighted by atomic mass is 16.2. The third kappa shape index (κ3) is 2.86. The van der Waals surface area contributed by atoms with Crippen LogP contribution in [0.1, 0.15) is 25.7 Å². The number of hydrogen-bond acceptors (Lipinski definition) is 4. The van der Waals surface area contributed by atoms with E-state index < -0.39 is 11.6 Å². The van der Waals surface area contributed by atoms with Gasteiger partial charge in [0.25, 0.3) is 5.91 Å². The maximum atomic E-state index is 12.1. The topological polar surface area (TPSA) is 90.5 Å². The molecule has 2 aliphatic rings. The molecule has 0 aromatic heterocycles. The average molecular weight is 268 g/mol. The molecule has 1 atom stereocenters. The first-order valence-corrected chi connectivity index (χ1v) is 6.63. The predicted molar refractivity (Wildman–Crippen MR) is 68.4 cm³/mol. The van der Waals surface area contributed by atoms with Crippen LogP contribution in [0.2, 0.25) is 0 Å². The molecule has 0 saturated carbocycles. The van der Waals surface area contributed by atoms with Crippen molar-refractivity contribution in [2.24, 2.45) is 0 Å². The molecule has 2 saturated heterocycles. The van der Waals surface area contributed by atoms with E-state index in [0.29, 0.717) is 19.4 Å². The molecule has 0 aromatic carbocycles. The molecule has 19 heavy (non-hydrogen) atoms. The van der Waals surface area contributed by atoms with Crippen LogP contribution >= 0.6 is 0 Å². The average Bonchev–Trinajstić information content (AvgIpc) is 2.64. The lowest BCUT2D eigenvalue weighted by Gasteiger charge is -2.38. The molecule has 2 rings (SSSR count). The van der Waals surface area contributed by atoms with Gasteiger partial charge in [-0.05, 0) is 32.9 Å². The van der Waals surface area contributed by atoms with E-state index in [-0.39, 0.29) is 18.4 Å². The molecule has 0 bridgehead atoms. The fourth-order valence-electron chi connectivity index (χ4n) is 2.66. The number of hydrogen-bond donors (Lipinski definition) is 3. The lowest BCUT2D eigenvalue weighted by molar-refractivity contribution is -0.136. The zero-order valence-electron chi connectivity index (χ0n) is 11.1. The second-order valence-electron chi connectivity index (χ2n) is 5.12. The summed E-state index contributed by atoms with van der Waals surface area (Å²) in [6, 6.07) is -0.463. The van der Waals surface area contributed by atoms with E-state index in [2.05, 4.69) is 16.0 Å². The highest BCUT2D eigenvalue weighted by Crippen LogP contribution is 2.24. The first-order chi connectivity index (χ1) is 9.07. The van der Waals surface area contributed by atoms with Crippen molar-refractivity contribution in [2.75, 3.05) is 26.7 Å². The number of piperidine rings is 1. The third-order valence-electron chi connectivity index (χ3n) is 3.68. The van der Waals surface area contributed by atoms with E-state index in [4.69, 9.17) is 0 Å². The minimum atomic E-state index is -0.909. The molecular weight excluding hydrogens is 248 g/mol. The molecule has 7 nitrogen and oxygen atoms in total. The van der Waals surface area contributed by atoms with Gasteiger partial charge in [-0.2, -0.15) is 0 Å². The van der Waals surface area contributed by atoms with Crippen molar-refractivity contribution in [3.05, 3.63) is 0 Å². The summed E-state index contributed by atoms with van der Waals surface area (Å²) in [5, 5.41) is 7.91. The second-order valence-corrected chi connectivity index (χ2v) is 5.12. The van der Waals surface area contributed by atoms with Crippen LogP contribution in [0.4, 0.5) is 4.79 Å². The fraction of sp³-hybridized carbons (Fsp3) is 0.750. The lowest BCUT2D eigenvalue weighted by atomic mass is 9.89. The van der Waals surface area contributed by atoms with E-state index in [1.165, 1.54) is 0 Å². The number of amides is 4. The lowest BCUT2D eigenvalue weighted by Crippen LogP contribution is -2.59. The normalized spacial score (nSPS) is 26.5. The Morgan fingerprint density at radius 3 is 2.89 bits per heavy atom. The first-order valence-electron chi connectivity index (χ1n) is 6.63. The minimum Gasteiger partial charge on any atom is -0.340 e. The van der Waals surface area contributed by atoms with Gasteiger partial charge in [-0.1, -0.05) is 0 Å². The van der Waals surface area contributed by atoms with Gasteiger partial charge < -0.3 is 15.5 Å². The highest BCUT2D eigenvalue weighted by molar-refractivity contribution is 6.07. The van der Waals surface area contributed by atoms with Gasteiger partial charge in [-0.25, -0.2) is 4.79 Å². The summed E-state index contributed by atoms with van der Waals surface area (Å²) in [5.74, 6) is -0.270. The Morgan fingerprint density at radius 1 is 1.47 bits per heavy atom. The van der Waals surface area contributed by atoms with E-state index in [0.717, 1.165) is 19.4 Å². The number of likely N-dealkylation sites (tertiary alicyclic amines) is 1. The number of carbonyl (C=O) groups excluding carboxylic acids is 3. The fourth-order valence-corrected chi connectivity index (χ4v) is 2.66. The summed E-state index contributed by atoms with van der Waals surface area (Å²) < 4.78 is 0. The number of imide groups is 1. The summed E-state index contributed by atoms with van der Waals surface area (Å²) in [6.07, 6.45) is 2.56. The third-order valence-corrected chi connectivity index (χ3v) is 3.68. The second kappa shape index (κ2) is 5.56. The Kier molecular flexibility index (Phi) is 4.04. The molecule has 2 aliphatic heterocycles. The Bertz CT molecular complexity index is 398. The standard InChI is InChI=1S/C12H20N4O3/c1-13-6-2-4-9(17)16-7-3-5-12(8-16)10(18)14-11(19)15-12/h13H,2-8H2,1H3,(H2,14,15,18,19). The molecular formula is C12H20N4O3. The van der Waals surface area contributed by atoms with Crippen molar-refractivity contribution in [2.45, 2.75) is 31.2 Å². The Balaban J connectivity index is 1.95. The summed E-state index contributed by atoms with van der Waals surface area (Å²) in [6.45, 7) is 1.73. The van der Waals surface area contributed by atoms with Crippen molar-refractivity contribution < 1.29 is 14.4 Å². The molecule has 106 valence electrons. The van der Waals surface area contributed by atoms with Crippen molar-refractivity contribution in [1.82, 2.24) is 20.9 Å². The number of urea groups is 1. The van der Waals surface area contributed by atoms with Crippen molar-refractivity contribution >= 4 is 17.8 Å². The van der Waals surface area contributed by atoms with Gasteiger partial charge in [0, 0.05) is 13.0 Å². The van der Waals surface area contributed by atoms with Crippen LogP contribution in [-0.2, 0) is 9.59 Å². The van der Waals surface area contributed by atoms with Crippen molar-refractivity contribution in [3.8, 4) is 0 Å². The molecule has 1 unspecified atom stereocenters. The summed E-state index contributed by atoms with van der Waals surface area (Å²) in [5.41, 5.74) is -0.909. The number of nitrogens with one attached hydrogen (secondary N) is 3. The van der Waals surface area contributed by atoms with Gasteiger partial charge in [-0.15, -0.1) is 0 Å². The van der Waals surface area contributed by atoms with Crippen LogP contribution in [0.25, 0.3) is 0 Å². The summed E-state index contributed by atoms with van der Waals surface area (Å²) in [7, 11) is 1.85. The Morgan fingerprint density at radius 2 is 2.26 bits per heavy atom. The van der Waals surface area contributed by atoms with Crippen LogP contribution in [0.3, 0.4) is 0 Å². The molecule has 0 radical (unpaired) electrons. The largest absolute Gasteiger partial charge is 0.340 e. The molecule has 7 heteroatoms. The SMILES string of the molecule is CNCCCC(=O)N1CCCC2(C1)NC(=O)NC2=O. The summed E-state index contributed by atoms with van der Waals surface area (Å²) >= 11 is 0. The number of nitrogens with zero attached hydrogens (tertiary/aromatic N) is 1. The molecule has 4 amide bonds. The molecule has 0 aromatic rings. The molecule has 2 heterocycles. The van der Waals surface area contributed by atoms with Crippen LogP contribution in [0.15, 0.2) is 0 Å². The Hall–Kier alpha value is -1.63. The maximum Gasteiger partial charge on any atom is 0.322 e. The zero-order chi connectivity index (χ0) is 13.9. The van der Waals surface area contributed by atoms with E-state index in [1.807, 2.05) is 7.05 Å². The van der Waals surface area contributed by atoms with E-state index in [9.17, 15) is 14.4 Å². The molecule has 0 aliphatic carbocycles. The van der Waals surface area contributed by atoms with Crippen LogP contribution < -0.4 is 16.0 Å². The van der Waals surface area contributed by atoms with Gasteiger partial charge in [0.15, 0.2) is 0 Å². The van der Waals surface area contributed by atoms with Crippen LogP contribution in [0, 0.1) is 0 Å². The van der Waals surface area contributed by atoms with Crippen molar-refractivity contribution in [3.63, 3.8) is 0 Å². The minimum absolute atomic E-state index is 0.0447. The molecule has 2 fully saturated rings. The van der Waals surface area contributed by atoms with Gasteiger partial charge >= 0.3 is 6.03 Å². The monoisotopic (exact) mass is 268 g/mol. The van der Waals surface area contributed by atoms with Crippen molar-refractivity contribution in [1.29, 1.82) is 0 Å². The number of carbonyl (C=O) groups is 3. The maximum absolute atomic E-state index is 12.1. The van der Waals surface area contributed by atoms with Gasteiger partial charge in [0.2, 0.25) is 5.91 Å². The van der Waals surface area contributed by atoms with Gasteiger partial charge in [0.05, 0.1) is 6.54 Å².